The molecule has 1 saturated heterocycles. The van der Waals surface area contributed by atoms with Crippen molar-refractivity contribution >= 4 is 11.3 Å². The lowest BCUT2D eigenvalue weighted by molar-refractivity contribution is 0.0299. The Morgan fingerprint density at radius 3 is 3.23 bits per heavy atom. The fourth-order valence-corrected chi connectivity index (χ4v) is 2.26. The summed E-state index contributed by atoms with van der Waals surface area (Å²) in [5, 5.41) is 5.31. The van der Waals surface area contributed by atoms with E-state index in [4.69, 9.17) is 9.47 Å². The van der Waals surface area contributed by atoms with Gasteiger partial charge in [0.05, 0.1) is 13.7 Å². The van der Waals surface area contributed by atoms with Crippen LogP contribution in [0.1, 0.15) is 11.0 Å². The minimum atomic E-state index is 0.211. The summed E-state index contributed by atoms with van der Waals surface area (Å²) in [5.74, 6) is 0.925. The standard InChI is InChI=1S/C9H13NO2S/c1-11-7-4-9(13-6-7)8-5-10-2-3-12-8/h4,6,8,10H,2-3,5H2,1H3. The van der Waals surface area contributed by atoms with Crippen molar-refractivity contribution in [3.63, 3.8) is 0 Å². The van der Waals surface area contributed by atoms with E-state index in [9.17, 15) is 0 Å². The number of methoxy groups -OCH3 is 1. The zero-order valence-corrected chi connectivity index (χ0v) is 8.39. The molecule has 0 amide bonds. The van der Waals surface area contributed by atoms with Gasteiger partial charge in [0.2, 0.25) is 0 Å². The molecule has 1 aliphatic heterocycles. The molecule has 1 aromatic heterocycles. The SMILES string of the molecule is COc1csc(C2CNCCO2)c1. The van der Waals surface area contributed by atoms with Crippen LogP contribution in [0.4, 0.5) is 0 Å². The molecule has 1 fully saturated rings. The normalized spacial score (nSPS) is 23.0. The second-order valence-electron chi connectivity index (χ2n) is 2.95. The average molecular weight is 199 g/mol. The van der Waals surface area contributed by atoms with Crippen LogP contribution in [0.5, 0.6) is 5.75 Å². The number of rotatable bonds is 2. The van der Waals surface area contributed by atoms with Gasteiger partial charge in [-0.05, 0) is 6.07 Å². The highest BCUT2D eigenvalue weighted by molar-refractivity contribution is 7.10. The van der Waals surface area contributed by atoms with Gasteiger partial charge in [0, 0.05) is 23.3 Å². The number of morpholine rings is 1. The molecule has 0 aliphatic carbocycles. The minimum absolute atomic E-state index is 0.211. The van der Waals surface area contributed by atoms with Gasteiger partial charge in [-0.2, -0.15) is 0 Å². The number of nitrogens with one attached hydrogen (secondary N) is 1. The van der Waals surface area contributed by atoms with Crippen LogP contribution in [0.25, 0.3) is 0 Å². The Kier molecular flexibility index (Phi) is 2.83. The van der Waals surface area contributed by atoms with Gasteiger partial charge in [-0.1, -0.05) is 0 Å². The van der Waals surface area contributed by atoms with E-state index < -0.39 is 0 Å². The molecule has 1 atom stereocenters. The molecule has 0 bridgehead atoms. The lowest BCUT2D eigenvalue weighted by Gasteiger charge is -2.22. The molecular weight excluding hydrogens is 186 g/mol. The third-order valence-electron chi connectivity index (χ3n) is 2.08. The molecule has 13 heavy (non-hydrogen) atoms. The van der Waals surface area contributed by atoms with Crippen molar-refractivity contribution in [1.82, 2.24) is 5.32 Å². The van der Waals surface area contributed by atoms with Gasteiger partial charge in [0.15, 0.2) is 0 Å². The van der Waals surface area contributed by atoms with Crippen LogP contribution in [0.2, 0.25) is 0 Å². The van der Waals surface area contributed by atoms with Crippen LogP contribution in [0.3, 0.4) is 0 Å². The first-order valence-electron chi connectivity index (χ1n) is 4.35. The van der Waals surface area contributed by atoms with E-state index in [0.717, 1.165) is 25.4 Å². The second kappa shape index (κ2) is 4.09. The molecule has 1 N–H and O–H groups in total. The zero-order valence-electron chi connectivity index (χ0n) is 7.58. The van der Waals surface area contributed by atoms with Crippen LogP contribution < -0.4 is 10.1 Å². The van der Waals surface area contributed by atoms with E-state index >= 15 is 0 Å². The predicted octanol–water partition coefficient (Wildman–Crippen LogP) is 1.42. The van der Waals surface area contributed by atoms with E-state index in [1.807, 2.05) is 11.4 Å². The van der Waals surface area contributed by atoms with Crippen LogP contribution in [0, 0.1) is 0 Å². The van der Waals surface area contributed by atoms with Crippen LogP contribution in [0.15, 0.2) is 11.4 Å². The monoisotopic (exact) mass is 199 g/mol. The van der Waals surface area contributed by atoms with Crippen molar-refractivity contribution in [2.45, 2.75) is 6.10 Å². The van der Waals surface area contributed by atoms with E-state index in [0.29, 0.717) is 0 Å². The molecule has 0 saturated carbocycles. The van der Waals surface area contributed by atoms with Gasteiger partial charge in [-0.3, -0.25) is 0 Å². The Hall–Kier alpha value is -0.580. The maximum Gasteiger partial charge on any atom is 0.129 e. The third kappa shape index (κ3) is 2.02. The highest BCUT2D eigenvalue weighted by Gasteiger charge is 2.17. The molecule has 2 heterocycles. The van der Waals surface area contributed by atoms with Gasteiger partial charge < -0.3 is 14.8 Å². The van der Waals surface area contributed by atoms with Gasteiger partial charge in [-0.25, -0.2) is 0 Å². The molecule has 2 rings (SSSR count). The Bertz CT molecular complexity index is 268. The fourth-order valence-electron chi connectivity index (χ4n) is 1.36. The summed E-state index contributed by atoms with van der Waals surface area (Å²) in [6, 6.07) is 2.04. The lowest BCUT2D eigenvalue weighted by Crippen LogP contribution is -2.32. The van der Waals surface area contributed by atoms with Crippen LogP contribution >= 0.6 is 11.3 Å². The number of hydrogen-bond donors (Lipinski definition) is 1. The van der Waals surface area contributed by atoms with E-state index in [-0.39, 0.29) is 6.10 Å². The molecular formula is C9H13NO2S. The van der Waals surface area contributed by atoms with Crippen molar-refractivity contribution in [3.05, 3.63) is 16.3 Å². The summed E-state index contributed by atoms with van der Waals surface area (Å²) in [5.41, 5.74) is 0. The fraction of sp³-hybridized carbons (Fsp3) is 0.556. The van der Waals surface area contributed by atoms with Crippen LogP contribution in [-0.4, -0.2) is 26.8 Å². The second-order valence-corrected chi connectivity index (χ2v) is 3.90. The Balaban J connectivity index is 2.05. The number of ether oxygens (including phenoxy) is 2. The smallest absolute Gasteiger partial charge is 0.129 e. The summed E-state index contributed by atoms with van der Waals surface area (Å²) in [6.07, 6.45) is 0.211. The first-order chi connectivity index (χ1) is 6.40. The molecule has 1 aromatic rings. The van der Waals surface area contributed by atoms with Crippen LogP contribution in [-0.2, 0) is 4.74 Å². The summed E-state index contributed by atoms with van der Waals surface area (Å²) in [4.78, 5) is 1.24. The molecule has 0 spiro atoms. The Morgan fingerprint density at radius 1 is 1.69 bits per heavy atom. The first-order valence-corrected chi connectivity index (χ1v) is 5.23. The van der Waals surface area contributed by atoms with Gasteiger partial charge in [0.25, 0.3) is 0 Å². The summed E-state index contributed by atoms with van der Waals surface area (Å²) >= 11 is 1.69. The largest absolute Gasteiger partial charge is 0.496 e. The topological polar surface area (TPSA) is 30.5 Å². The number of thiophene rings is 1. The lowest BCUT2D eigenvalue weighted by atomic mass is 10.2. The highest BCUT2D eigenvalue weighted by Crippen LogP contribution is 2.29. The number of hydrogen-bond acceptors (Lipinski definition) is 4. The third-order valence-corrected chi connectivity index (χ3v) is 3.08. The minimum Gasteiger partial charge on any atom is -0.496 e. The van der Waals surface area contributed by atoms with Crippen molar-refractivity contribution in [2.75, 3.05) is 26.8 Å². The van der Waals surface area contributed by atoms with Gasteiger partial charge >= 0.3 is 0 Å². The Labute approximate surface area is 81.7 Å². The van der Waals surface area contributed by atoms with E-state index in [2.05, 4.69) is 5.32 Å². The predicted molar refractivity (Wildman–Crippen MR) is 52.4 cm³/mol. The molecule has 1 unspecified atom stereocenters. The highest BCUT2D eigenvalue weighted by atomic mass is 32.1. The van der Waals surface area contributed by atoms with E-state index in [1.54, 1.807) is 18.4 Å². The summed E-state index contributed by atoms with van der Waals surface area (Å²) in [6.45, 7) is 2.66. The molecule has 3 nitrogen and oxygen atoms in total. The van der Waals surface area contributed by atoms with Crippen molar-refractivity contribution in [1.29, 1.82) is 0 Å². The molecule has 1 aliphatic rings. The van der Waals surface area contributed by atoms with Crippen molar-refractivity contribution in [2.24, 2.45) is 0 Å². The summed E-state index contributed by atoms with van der Waals surface area (Å²) < 4.78 is 10.7. The first kappa shape index (κ1) is 8.99. The van der Waals surface area contributed by atoms with Gasteiger partial charge in [0.1, 0.15) is 11.9 Å². The van der Waals surface area contributed by atoms with E-state index in [1.165, 1.54) is 4.88 Å². The quantitative estimate of drug-likeness (QED) is 0.781. The van der Waals surface area contributed by atoms with Crippen molar-refractivity contribution in [3.8, 4) is 5.75 Å². The summed E-state index contributed by atoms with van der Waals surface area (Å²) in [7, 11) is 1.69. The Morgan fingerprint density at radius 2 is 2.62 bits per heavy atom. The van der Waals surface area contributed by atoms with Gasteiger partial charge in [-0.15, -0.1) is 11.3 Å². The average Bonchev–Trinajstić information content (AvgIpc) is 2.67. The maximum atomic E-state index is 5.61. The molecule has 72 valence electrons. The van der Waals surface area contributed by atoms with Crippen molar-refractivity contribution < 1.29 is 9.47 Å². The molecule has 4 heteroatoms. The molecule has 0 aromatic carbocycles. The molecule has 0 radical (unpaired) electrons. The maximum absolute atomic E-state index is 5.61. The zero-order chi connectivity index (χ0) is 9.10.